The third kappa shape index (κ3) is 1.91. The van der Waals surface area contributed by atoms with Crippen molar-refractivity contribution in [3.05, 3.63) is 42.1 Å². The average Bonchev–Trinajstić information content (AvgIpc) is 2.28. The lowest BCUT2D eigenvalue weighted by Gasteiger charge is -2.15. The highest BCUT2D eigenvalue weighted by molar-refractivity contribution is 5.92. The Labute approximate surface area is 96.2 Å². The van der Waals surface area contributed by atoms with E-state index in [0.29, 0.717) is 0 Å². The lowest BCUT2D eigenvalue weighted by molar-refractivity contribution is 1.13. The van der Waals surface area contributed by atoms with Crippen LogP contribution in [0.5, 0.6) is 0 Å². The van der Waals surface area contributed by atoms with Crippen LogP contribution in [0.3, 0.4) is 0 Å². The number of para-hydroxylation sites is 1. The summed E-state index contributed by atoms with van der Waals surface area (Å²) in [7, 11) is 4.11. The van der Waals surface area contributed by atoms with E-state index in [-0.39, 0.29) is 0 Å². The van der Waals surface area contributed by atoms with Gasteiger partial charge in [0.1, 0.15) is 0 Å². The van der Waals surface area contributed by atoms with Crippen molar-refractivity contribution in [2.45, 2.75) is 6.92 Å². The minimum absolute atomic E-state index is 1.00. The Balaban J connectivity index is 2.73. The van der Waals surface area contributed by atoms with Crippen molar-refractivity contribution in [3.63, 3.8) is 0 Å². The van der Waals surface area contributed by atoms with Crippen LogP contribution in [-0.4, -0.2) is 19.1 Å². The molecule has 0 amide bonds. The van der Waals surface area contributed by atoms with E-state index in [4.69, 9.17) is 0 Å². The molecule has 0 aliphatic heterocycles. The topological polar surface area (TPSA) is 16.1 Å². The van der Waals surface area contributed by atoms with Gasteiger partial charge in [0.2, 0.25) is 0 Å². The monoisotopic (exact) mass is 212 g/mol. The highest BCUT2D eigenvalue weighted by atomic mass is 15.1. The van der Waals surface area contributed by atoms with Gasteiger partial charge < -0.3 is 4.90 Å². The Morgan fingerprint density at radius 1 is 1.19 bits per heavy atom. The largest absolute Gasteiger partial charge is 0.377 e. The molecular weight excluding hydrogens is 196 g/mol. The molecule has 0 radical (unpaired) electrons. The van der Waals surface area contributed by atoms with Gasteiger partial charge in [0.15, 0.2) is 0 Å². The fourth-order valence-corrected chi connectivity index (χ4v) is 1.80. The van der Waals surface area contributed by atoms with Gasteiger partial charge >= 0.3 is 0 Å². The number of allylic oxidation sites excluding steroid dienone is 1. The van der Waals surface area contributed by atoms with E-state index in [1.807, 2.05) is 31.2 Å². The first-order valence-electron chi connectivity index (χ1n) is 5.42. The van der Waals surface area contributed by atoms with Crippen LogP contribution in [0.25, 0.3) is 17.0 Å². The molecule has 0 aliphatic carbocycles. The van der Waals surface area contributed by atoms with E-state index in [1.165, 1.54) is 11.1 Å². The van der Waals surface area contributed by atoms with Crippen molar-refractivity contribution in [3.8, 4) is 0 Å². The molecule has 2 nitrogen and oxygen atoms in total. The first-order chi connectivity index (χ1) is 7.72. The highest BCUT2D eigenvalue weighted by Crippen LogP contribution is 2.25. The van der Waals surface area contributed by atoms with Crippen LogP contribution in [0, 0.1) is 0 Å². The number of pyridine rings is 1. The van der Waals surface area contributed by atoms with Crippen molar-refractivity contribution in [1.82, 2.24) is 4.98 Å². The lowest BCUT2D eigenvalue weighted by atomic mass is 10.1. The fourth-order valence-electron chi connectivity index (χ4n) is 1.80. The molecule has 0 saturated carbocycles. The molecule has 0 spiro atoms. The second-order valence-electron chi connectivity index (χ2n) is 3.98. The molecule has 1 aromatic heterocycles. The van der Waals surface area contributed by atoms with E-state index < -0.39 is 0 Å². The van der Waals surface area contributed by atoms with E-state index in [0.717, 1.165) is 11.2 Å². The van der Waals surface area contributed by atoms with Gasteiger partial charge in [-0.05, 0) is 25.1 Å². The molecule has 0 N–H and O–H groups in total. The minimum atomic E-state index is 1.00. The summed E-state index contributed by atoms with van der Waals surface area (Å²) in [5.41, 5.74) is 3.26. The molecule has 0 atom stereocenters. The molecular formula is C14H16N2. The number of anilines is 1. The summed E-state index contributed by atoms with van der Waals surface area (Å²) in [4.78, 5) is 6.72. The Kier molecular flexibility index (Phi) is 2.91. The molecule has 1 heterocycles. The third-order valence-corrected chi connectivity index (χ3v) is 2.53. The Hall–Kier alpha value is -1.83. The molecule has 1 aromatic carbocycles. The summed E-state index contributed by atoms with van der Waals surface area (Å²) < 4.78 is 0. The number of fused-ring (bicyclic) bond motifs is 1. The quantitative estimate of drug-likeness (QED) is 0.759. The molecule has 2 heteroatoms. The first kappa shape index (κ1) is 10.7. The summed E-state index contributed by atoms with van der Waals surface area (Å²) in [6, 6.07) is 10.3. The summed E-state index contributed by atoms with van der Waals surface area (Å²) in [5, 5.41) is 1.20. The maximum atomic E-state index is 4.59. The number of hydrogen-bond acceptors (Lipinski definition) is 2. The van der Waals surface area contributed by atoms with Gasteiger partial charge in [-0.3, -0.25) is 0 Å². The molecule has 2 rings (SSSR count). The lowest BCUT2D eigenvalue weighted by Crippen LogP contribution is -2.09. The standard InChI is InChI=1S/C14H16N2/c1-4-7-11-10-14(16(2)3)12-8-5-6-9-13(12)15-11/h4-10H,1-3H3/b7-4+. The van der Waals surface area contributed by atoms with Gasteiger partial charge in [-0.25, -0.2) is 4.98 Å². The van der Waals surface area contributed by atoms with Gasteiger partial charge in [-0.15, -0.1) is 0 Å². The zero-order valence-corrected chi connectivity index (χ0v) is 9.94. The van der Waals surface area contributed by atoms with Crippen LogP contribution in [-0.2, 0) is 0 Å². The van der Waals surface area contributed by atoms with Gasteiger partial charge in [0.05, 0.1) is 11.2 Å². The van der Waals surface area contributed by atoms with Crippen molar-refractivity contribution in [2.75, 3.05) is 19.0 Å². The highest BCUT2D eigenvalue weighted by Gasteiger charge is 2.05. The average molecular weight is 212 g/mol. The van der Waals surface area contributed by atoms with Gasteiger partial charge in [0, 0.05) is 25.2 Å². The van der Waals surface area contributed by atoms with Crippen molar-refractivity contribution >= 4 is 22.7 Å². The second kappa shape index (κ2) is 4.35. The summed E-state index contributed by atoms with van der Waals surface area (Å²) in [6.45, 7) is 2.01. The molecule has 2 aromatic rings. The molecule has 16 heavy (non-hydrogen) atoms. The zero-order valence-electron chi connectivity index (χ0n) is 9.94. The molecule has 0 aliphatic rings. The second-order valence-corrected chi connectivity index (χ2v) is 3.98. The zero-order chi connectivity index (χ0) is 11.5. The van der Waals surface area contributed by atoms with Gasteiger partial charge in [-0.1, -0.05) is 24.3 Å². The van der Waals surface area contributed by atoms with E-state index in [9.17, 15) is 0 Å². The number of rotatable bonds is 2. The predicted octanol–water partition coefficient (Wildman–Crippen LogP) is 3.33. The van der Waals surface area contributed by atoms with E-state index in [2.05, 4.69) is 42.2 Å². The summed E-state index contributed by atoms with van der Waals surface area (Å²) in [6.07, 6.45) is 4.04. The normalized spacial score (nSPS) is 11.2. The van der Waals surface area contributed by atoms with Crippen LogP contribution in [0.4, 0.5) is 5.69 Å². The number of hydrogen-bond donors (Lipinski definition) is 0. The smallest absolute Gasteiger partial charge is 0.0730 e. The van der Waals surface area contributed by atoms with Crippen LogP contribution in [0.15, 0.2) is 36.4 Å². The number of benzene rings is 1. The predicted molar refractivity (Wildman–Crippen MR) is 70.8 cm³/mol. The Morgan fingerprint density at radius 2 is 1.94 bits per heavy atom. The van der Waals surface area contributed by atoms with Crippen molar-refractivity contribution < 1.29 is 0 Å². The third-order valence-electron chi connectivity index (χ3n) is 2.53. The molecule has 0 fully saturated rings. The summed E-state index contributed by atoms with van der Waals surface area (Å²) >= 11 is 0. The Morgan fingerprint density at radius 3 is 2.62 bits per heavy atom. The van der Waals surface area contributed by atoms with E-state index >= 15 is 0 Å². The minimum Gasteiger partial charge on any atom is -0.377 e. The van der Waals surface area contributed by atoms with Crippen LogP contribution >= 0.6 is 0 Å². The fraction of sp³-hybridized carbons (Fsp3) is 0.214. The van der Waals surface area contributed by atoms with Crippen LogP contribution in [0.1, 0.15) is 12.6 Å². The SMILES string of the molecule is C/C=C/c1cc(N(C)C)c2ccccc2n1. The van der Waals surface area contributed by atoms with Crippen LogP contribution in [0.2, 0.25) is 0 Å². The van der Waals surface area contributed by atoms with E-state index in [1.54, 1.807) is 0 Å². The molecule has 0 unspecified atom stereocenters. The van der Waals surface area contributed by atoms with Crippen molar-refractivity contribution in [2.24, 2.45) is 0 Å². The number of nitrogens with zero attached hydrogens (tertiary/aromatic N) is 2. The molecule has 82 valence electrons. The van der Waals surface area contributed by atoms with Crippen molar-refractivity contribution in [1.29, 1.82) is 0 Å². The van der Waals surface area contributed by atoms with Crippen LogP contribution < -0.4 is 4.90 Å². The van der Waals surface area contributed by atoms with Gasteiger partial charge in [0.25, 0.3) is 0 Å². The Bertz CT molecular complexity index is 527. The van der Waals surface area contributed by atoms with Gasteiger partial charge in [-0.2, -0.15) is 0 Å². The first-order valence-corrected chi connectivity index (χ1v) is 5.42. The number of aromatic nitrogens is 1. The maximum Gasteiger partial charge on any atom is 0.0730 e. The molecule has 0 bridgehead atoms. The maximum absolute atomic E-state index is 4.59. The summed E-state index contributed by atoms with van der Waals surface area (Å²) in [5.74, 6) is 0. The molecule has 0 saturated heterocycles.